The van der Waals surface area contributed by atoms with Crippen molar-refractivity contribution in [1.29, 1.82) is 0 Å². The number of rotatable bonds is 8. The number of thiophene rings is 1. The van der Waals surface area contributed by atoms with E-state index < -0.39 is 10.0 Å². The summed E-state index contributed by atoms with van der Waals surface area (Å²) in [5.41, 5.74) is 0.265. The molecule has 1 aromatic heterocycles. The highest BCUT2D eigenvalue weighted by atomic mass is 32.2. The SMILES string of the molecule is Cc1sc2c(c1S(=O)(=O)N1CCOCC1)C(=O)N(CC(=O)NCCCN1CCN(C)CC1)CP2. The molecule has 3 aliphatic rings. The molecular formula is C21H34N5O5PS2. The Labute approximate surface area is 207 Å². The molecule has 10 nitrogen and oxygen atoms in total. The van der Waals surface area contributed by atoms with E-state index in [2.05, 4.69) is 22.2 Å². The predicted octanol–water partition coefficient (Wildman–Crippen LogP) is -0.452. The van der Waals surface area contributed by atoms with E-state index in [1.807, 2.05) is 0 Å². The van der Waals surface area contributed by atoms with Gasteiger partial charge in [0.25, 0.3) is 5.91 Å². The van der Waals surface area contributed by atoms with Crippen LogP contribution in [0.5, 0.6) is 0 Å². The van der Waals surface area contributed by atoms with Gasteiger partial charge in [-0.3, -0.25) is 9.59 Å². The predicted molar refractivity (Wildman–Crippen MR) is 134 cm³/mol. The van der Waals surface area contributed by atoms with Crippen molar-refractivity contribution in [3.05, 3.63) is 10.4 Å². The van der Waals surface area contributed by atoms with E-state index in [0.29, 0.717) is 30.9 Å². The van der Waals surface area contributed by atoms with Gasteiger partial charge in [0.1, 0.15) is 11.4 Å². The van der Waals surface area contributed by atoms with Crippen molar-refractivity contribution >= 4 is 46.4 Å². The zero-order valence-electron chi connectivity index (χ0n) is 19.8. The zero-order valence-corrected chi connectivity index (χ0v) is 22.5. The number of nitrogens with one attached hydrogen (secondary N) is 1. The molecule has 1 aromatic rings. The molecule has 0 aromatic carbocycles. The van der Waals surface area contributed by atoms with Gasteiger partial charge < -0.3 is 24.8 Å². The van der Waals surface area contributed by atoms with E-state index in [1.54, 1.807) is 6.92 Å². The number of hydrogen-bond donors (Lipinski definition) is 1. The highest BCUT2D eigenvalue weighted by Gasteiger charge is 2.39. The van der Waals surface area contributed by atoms with Crippen LogP contribution in [0.3, 0.4) is 0 Å². The van der Waals surface area contributed by atoms with Crippen molar-refractivity contribution in [2.75, 3.05) is 85.5 Å². The van der Waals surface area contributed by atoms with Crippen LogP contribution in [0.25, 0.3) is 0 Å². The van der Waals surface area contributed by atoms with Gasteiger partial charge >= 0.3 is 0 Å². The molecule has 13 heteroatoms. The highest BCUT2D eigenvalue weighted by molar-refractivity contribution is 7.89. The van der Waals surface area contributed by atoms with Crippen LogP contribution < -0.4 is 9.94 Å². The number of amides is 2. The van der Waals surface area contributed by atoms with Gasteiger partial charge in [0.05, 0.1) is 18.8 Å². The topological polar surface area (TPSA) is 102 Å². The molecule has 2 saturated heterocycles. The molecule has 0 radical (unpaired) electrons. The lowest BCUT2D eigenvalue weighted by atomic mass is 10.2. The molecule has 1 atom stereocenters. The first-order valence-electron chi connectivity index (χ1n) is 11.7. The second kappa shape index (κ2) is 11.3. The van der Waals surface area contributed by atoms with Crippen molar-refractivity contribution in [2.45, 2.75) is 18.2 Å². The zero-order chi connectivity index (χ0) is 24.3. The molecule has 3 aliphatic heterocycles. The van der Waals surface area contributed by atoms with Crippen LogP contribution in [0.2, 0.25) is 0 Å². The fraction of sp³-hybridized carbons (Fsp3) is 0.714. The number of nitrogens with zero attached hydrogens (tertiary/aromatic N) is 4. The van der Waals surface area contributed by atoms with Gasteiger partial charge in [-0.15, -0.1) is 11.3 Å². The minimum absolute atomic E-state index is 0.0499. The quantitative estimate of drug-likeness (QED) is 0.358. The van der Waals surface area contributed by atoms with Crippen LogP contribution in [0.1, 0.15) is 21.7 Å². The van der Waals surface area contributed by atoms with Gasteiger partial charge in [-0.25, -0.2) is 8.42 Å². The number of sulfonamides is 1. The third-order valence-electron chi connectivity index (χ3n) is 6.43. The molecule has 1 N–H and O–H groups in total. The van der Waals surface area contributed by atoms with E-state index in [9.17, 15) is 18.0 Å². The molecule has 0 aliphatic carbocycles. The van der Waals surface area contributed by atoms with Gasteiger partial charge in [0.15, 0.2) is 0 Å². The van der Waals surface area contributed by atoms with E-state index in [1.165, 1.54) is 20.5 Å². The molecule has 2 fully saturated rings. The average molecular weight is 532 g/mol. The second-order valence-electron chi connectivity index (χ2n) is 8.89. The van der Waals surface area contributed by atoms with Crippen LogP contribution in [0.4, 0.5) is 0 Å². The standard InChI is InChI=1S/C21H34N5O5PS2/c1-16-19(34(29,30)26-10-12-31-13-11-26)18-20(28)25(15-32-21(18)33-16)14-17(27)22-4-3-5-24-8-6-23(2)7-9-24/h32H,3-15H2,1-2H3,(H,22,27). The summed E-state index contributed by atoms with van der Waals surface area (Å²) in [7, 11) is -1.40. The monoisotopic (exact) mass is 531 g/mol. The van der Waals surface area contributed by atoms with Gasteiger partial charge in [0, 0.05) is 61.6 Å². The summed E-state index contributed by atoms with van der Waals surface area (Å²) in [6.07, 6.45) is 1.30. The van der Waals surface area contributed by atoms with E-state index in [0.717, 1.165) is 43.8 Å². The van der Waals surface area contributed by atoms with Crippen LogP contribution in [-0.4, -0.2) is 125 Å². The summed E-state index contributed by atoms with van der Waals surface area (Å²) in [4.78, 5) is 32.8. The number of ether oxygens (including phenoxy) is 1. The Balaban J connectivity index is 1.34. The lowest BCUT2D eigenvalue weighted by molar-refractivity contribution is -0.121. The largest absolute Gasteiger partial charge is 0.379 e. The van der Waals surface area contributed by atoms with Gasteiger partial charge in [-0.2, -0.15) is 4.31 Å². The number of fused-ring (bicyclic) bond motifs is 1. The Bertz CT molecular complexity index is 1000. The first kappa shape index (κ1) is 25.9. The summed E-state index contributed by atoms with van der Waals surface area (Å²) < 4.78 is 34.2. The van der Waals surface area contributed by atoms with Crippen molar-refractivity contribution in [1.82, 2.24) is 24.3 Å². The number of likely N-dealkylation sites (N-methyl/N-ethyl adjacent to an activating group) is 1. The van der Waals surface area contributed by atoms with Crippen LogP contribution in [0, 0.1) is 6.92 Å². The van der Waals surface area contributed by atoms with E-state index in [-0.39, 0.29) is 50.5 Å². The summed E-state index contributed by atoms with van der Waals surface area (Å²) in [5.74, 6) is -0.568. The summed E-state index contributed by atoms with van der Waals surface area (Å²) >= 11 is 1.38. The molecule has 34 heavy (non-hydrogen) atoms. The summed E-state index contributed by atoms with van der Waals surface area (Å²) in [6.45, 7) is 8.70. The van der Waals surface area contributed by atoms with Crippen LogP contribution >= 0.6 is 19.9 Å². The summed E-state index contributed by atoms with van der Waals surface area (Å²) in [5, 5.41) is 2.92. The third kappa shape index (κ3) is 5.80. The maximum absolute atomic E-state index is 13.4. The fourth-order valence-electron chi connectivity index (χ4n) is 4.43. The lowest BCUT2D eigenvalue weighted by Crippen LogP contribution is -2.46. The van der Waals surface area contributed by atoms with Gasteiger partial charge in [-0.05, 0) is 26.9 Å². The molecular weight excluding hydrogens is 497 g/mol. The summed E-state index contributed by atoms with van der Waals surface area (Å²) in [6, 6.07) is 0. The molecule has 0 saturated carbocycles. The van der Waals surface area contributed by atoms with Gasteiger partial charge in [-0.1, -0.05) is 8.58 Å². The third-order valence-corrected chi connectivity index (χ3v) is 11.4. The maximum atomic E-state index is 13.4. The van der Waals surface area contributed by atoms with Crippen molar-refractivity contribution in [3.63, 3.8) is 0 Å². The highest BCUT2D eigenvalue weighted by Crippen LogP contribution is 2.36. The molecule has 2 amide bonds. The van der Waals surface area contributed by atoms with Crippen molar-refractivity contribution in [3.8, 4) is 0 Å². The lowest BCUT2D eigenvalue weighted by Gasteiger charge is -2.32. The van der Waals surface area contributed by atoms with Gasteiger partial charge in [0.2, 0.25) is 15.9 Å². The first-order valence-corrected chi connectivity index (χ1v) is 15.2. The minimum atomic E-state index is -3.79. The van der Waals surface area contributed by atoms with Crippen LogP contribution in [-0.2, 0) is 19.6 Å². The molecule has 0 bridgehead atoms. The molecule has 1 unspecified atom stereocenters. The first-order chi connectivity index (χ1) is 16.3. The second-order valence-corrected chi connectivity index (χ2v) is 13.5. The average Bonchev–Trinajstić information content (AvgIpc) is 3.18. The number of carbonyl (C=O) groups excluding carboxylic acids is 2. The molecule has 0 spiro atoms. The minimum Gasteiger partial charge on any atom is -0.379 e. The smallest absolute Gasteiger partial charge is 0.257 e. The molecule has 4 heterocycles. The van der Waals surface area contributed by atoms with E-state index in [4.69, 9.17) is 4.74 Å². The van der Waals surface area contributed by atoms with Crippen LogP contribution in [0.15, 0.2) is 4.90 Å². The van der Waals surface area contributed by atoms with Crippen molar-refractivity contribution in [2.24, 2.45) is 0 Å². The molecule has 190 valence electrons. The Morgan fingerprint density at radius 3 is 2.56 bits per heavy atom. The van der Waals surface area contributed by atoms with Crippen molar-refractivity contribution < 1.29 is 22.7 Å². The Morgan fingerprint density at radius 2 is 1.85 bits per heavy atom. The number of morpholine rings is 1. The molecule has 4 rings (SSSR count). The Hall–Kier alpha value is -1.14. The fourth-order valence-corrected chi connectivity index (χ4v) is 9.46. The number of piperazine rings is 1. The Morgan fingerprint density at radius 1 is 1.15 bits per heavy atom. The van der Waals surface area contributed by atoms with E-state index >= 15 is 0 Å². The Kier molecular flexibility index (Phi) is 8.61. The normalized spacial score (nSPS) is 21.7. The number of aryl methyl sites for hydroxylation is 1. The number of carbonyl (C=O) groups is 2. The maximum Gasteiger partial charge on any atom is 0.257 e. The number of hydrogen-bond acceptors (Lipinski definition) is 8.